The highest BCUT2D eigenvalue weighted by molar-refractivity contribution is 7.73. The van der Waals surface area contributed by atoms with Gasteiger partial charge in [-0.05, 0) is 32.0 Å². The summed E-state index contributed by atoms with van der Waals surface area (Å²) in [7, 11) is 3.91. The Bertz CT molecular complexity index is 557. The van der Waals surface area contributed by atoms with Crippen LogP contribution in [-0.4, -0.2) is 60.6 Å². The number of ether oxygens (including phenoxy) is 1. The molecule has 1 aliphatic heterocycles. The summed E-state index contributed by atoms with van der Waals surface area (Å²) in [6, 6.07) is 0.119. The van der Waals surface area contributed by atoms with Gasteiger partial charge < -0.3 is 15.0 Å². The Morgan fingerprint density at radius 1 is 1.59 bits per heavy atom. The fraction of sp³-hybridized carbons (Fsp3) is 0.769. The number of alkyl carbamates (subject to hydrolysis) is 1. The predicted octanol–water partition coefficient (Wildman–Crippen LogP) is 1.91. The van der Waals surface area contributed by atoms with Gasteiger partial charge in [-0.3, -0.25) is 4.90 Å². The minimum Gasteiger partial charge on any atom is -0.450 e. The Labute approximate surface area is 139 Å². The first-order chi connectivity index (χ1) is 10.5. The highest BCUT2D eigenvalue weighted by Gasteiger charge is 2.22. The van der Waals surface area contributed by atoms with E-state index in [0.717, 1.165) is 35.0 Å². The van der Waals surface area contributed by atoms with Crippen molar-refractivity contribution in [2.24, 2.45) is 0 Å². The van der Waals surface area contributed by atoms with Gasteiger partial charge in [0.15, 0.2) is 3.95 Å². The zero-order valence-electron chi connectivity index (χ0n) is 13.2. The van der Waals surface area contributed by atoms with Crippen LogP contribution in [0.2, 0.25) is 0 Å². The monoisotopic (exact) mass is 345 g/mol. The number of aromatic nitrogens is 2. The number of hydrogen-bond donors (Lipinski definition) is 1. The number of carbonyl (C=O) groups excluding carboxylic acids is 1. The number of likely N-dealkylation sites (tertiary alicyclic amines) is 1. The molecule has 1 saturated heterocycles. The second kappa shape index (κ2) is 7.89. The van der Waals surface area contributed by atoms with E-state index in [9.17, 15) is 4.79 Å². The summed E-state index contributed by atoms with van der Waals surface area (Å²) in [5, 5.41) is 8.34. The van der Waals surface area contributed by atoms with Crippen molar-refractivity contribution in [3.8, 4) is 0 Å². The molecule has 1 amide bonds. The maximum absolute atomic E-state index is 11.5. The molecule has 0 unspecified atom stereocenters. The Morgan fingerprint density at radius 2 is 2.36 bits per heavy atom. The molecule has 2 heterocycles. The molecule has 7 nitrogen and oxygen atoms in total. The Balaban J connectivity index is 1.92. The van der Waals surface area contributed by atoms with Crippen LogP contribution in [0.1, 0.15) is 19.8 Å². The van der Waals surface area contributed by atoms with Crippen molar-refractivity contribution in [2.75, 3.05) is 38.7 Å². The SMILES string of the molecule is CCOC(=O)N[C@@H]1CCCN(Cn2nc(N(C)C)sc2=S)C1. The highest BCUT2D eigenvalue weighted by atomic mass is 32.1. The van der Waals surface area contributed by atoms with Crippen molar-refractivity contribution in [1.82, 2.24) is 20.0 Å². The van der Waals surface area contributed by atoms with Crippen LogP contribution in [0.5, 0.6) is 0 Å². The molecule has 1 aliphatic rings. The maximum Gasteiger partial charge on any atom is 0.407 e. The lowest BCUT2D eigenvalue weighted by Gasteiger charge is -2.32. The van der Waals surface area contributed by atoms with Crippen molar-refractivity contribution in [1.29, 1.82) is 0 Å². The van der Waals surface area contributed by atoms with Crippen LogP contribution in [0.3, 0.4) is 0 Å². The first-order valence-electron chi connectivity index (χ1n) is 7.40. The van der Waals surface area contributed by atoms with Gasteiger partial charge in [0.05, 0.1) is 13.3 Å². The molecule has 22 heavy (non-hydrogen) atoms. The summed E-state index contributed by atoms with van der Waals surface area (Å²) in [6.45, 7) is 4.62. The third-order valence-corrected chi connectivity index (χ3v) is 4.89. The first-order valence-corrected chi connectivity index (χ1v) is 8.63. The van der Waals surface area contributed by atoms with E-state index >= 15 is 0 Å². The summed E-state index contributed by atoms with van der Waals surface area (Å²) in [5.74, 6) is 0. The number of anilines is 1. The van der Waals surface area contributed by atoms with E-state index < -0.39 is 0 Å². The summed E-state index contributed by atoms with van der Waals surface area (Å²) in [6.07, 6.45) is 1.67. The average molecular weight is 345 g/mol. The molecule has 0 aliphatic carbocycles. The molecular formula is C13H23N5O2S2. The van der Waals surface area contributed by atoms with E-state index in [2.05, 4.69) is 15.3 Å². The van der Waals surface area contributed by atoms with Gasteiger partial charge in [0.1, 0.15) is 0 Å². The van der Waals surface area contributed by atoms with Crippen molar-refractivity contribution in [3.63, 3.8) is 0 Å². The van der Waals surface area contributed by atoms with Crippen molar-refractivity contribution in [2.45, 2.75) is 32.5 Å². The first kappa shape index (κ1) is 17.2. The van der Waals surface area contributed by atoms with Crippen molar-refractivity contribution in [3.05, 3.63) is 3.95 Å². The third-order valence-electron chi connectivity index (χ3n) is 3.42. The normalized spacial score (nSPS) is 19.0. The predicted molar refractivity (Wildman–Crippen MR) is 90.0 cm³/mol. The van der Waals surface area contributed by atoms with Gasteiger partial charge in [0.2, 0.25) is 5.13 Å². The molecule has 0 radical (unpaired) electrons. The molecule has 9 heteroatoms. The molecule has 0 saturated carbocycles. The van der Waals surface area contributed by atoms with Crippen LogP contribution in [0.25, 0.3) is 0 Å². The molecule has 1 N–H and O–H groups in total. The summed E-state index contributed by atoms with van der Waals surface area (Å²) in [5.41, 5.74) is 0. The van der Waals surface area contributed by atoms with Crippen LogP contribution in [-0.2, 0) is 11.4 Å². The van der Waals surface area contributed by atoms with Crippen LogP contribution in [0, 0.1) is 3.95 Å². The van der Waals surface area contributed by atoms with Gasteiger partial charge in [-0.25, -0.2) is 9.48 Å². The van der Waals surface area contributed by atoms with Gasteiger partial charge in [0, 0.05) is 33.2 Å². The average Bonchev–Trinajstić information content (AvgIpc) is 2.81. The maximum atomic E-state index is 11.5. The van der Waals surface area contributed by atoms with Gasteiger partial charge >= 0.3 is 6.09 Å². The van der Waals surface area contributed by atoms with Crippen LogP contribution in [0.15, 0.2) is 0 Å². The highest BCUT2D eigenvalue weighted by Crippen LogP contribution is 2.18. The molecule has 1 aromatic rings. The fourth-order valence-electron chi connectivity index (χ4n) is 2.40. The lowest BCUT2D eigenvalue weighted by Crippen LogP contribution is -2.48. The summed E-state index contributed by atoms with van der Waals surface area (Å²) >= 11 is 6.88. The number of piperidine rings is 1. The number of carbonyl (C=O) groups is 1. The van der Waals surface area contributed by atoms with Crippen molar-refractivity contribution >= 4 is 34.8 Å². The van der Waals surface area contributed by atoms with Crippen LogP contribution < -0.4 is 10.2 Å². The number of amides is 1. The molecule has 0 bridgehead atoms. The smallest absolute Gasteiger partial charge is 0.407 e. The minimum absolute atomic E-state index is 0.119. The minimum atomic E-state index is -0.338. The summed E-state index contributed by atoms with van der Waals surface area (Å²) < 4.78 is 7.56. The molecule has 1 fully saturated rings. The molecular weight excluding hydrogens is 322 g/mol. The molecule has 0 aromatic carbocycles. The zero-order valence-corrected chi connectivity index (χ0v) is 14.9. The van der Waals surface area contributed by atoms with E-state index in [-0.39, 0.29) is 12.1 Å². The van der Waals surface area contributed by atoms with E-state index in [4.69, 9.17) is 17.0 Å². The number of hydrogen-bond acceptors (Lipinski definition) is 7. The number of rotatable bonds is 5. The lowest BCUT2D eigenvalue weighted by atomic mass is 10.1. The standard InChI is InChI=1S/C13H23N5O2S2/c1-4-20-12(19)14-10-6-5-7-17(8-10)9-18-13(21)22-11(15-18)16(2)3/h10H,4-9H2,1-3H3,(H,14,19)/t10-/m1/s1. The summed E-state index contributed by atoms with van der Waals surface area (Å²) in [4.78, 5) is 15.7. The Hall–Kier alpha value is -1.19. The Morgan fingerprint density at radius 3 is 3.00 bits per heavy atom. The van der Waals surface area contributed by atoms with Crippen molar-refractivity contribution < 1.29 is 9.53 Å². The fourth-order valence-corrected chi connectivity index (χ4v) is 3.40. The van der Waals surface area contributed by atoms with E-state index in [1.54, 1.807) is 6.92 Å². The molecule has 0 spiro atoms. The second-order valence-electron chi connectivity index (χ2n) is 5.47. The van der Waals surface area contributed by atoms with Crippen LogP contribution >= 0.6 is 23.6 Å². The topological polar surface area (TPSA) is 62.6 Å². The van der Waals surface area contributed by atoms with E-state index in [0.29, 0.717) is 13.3 Å². The largest absolute Gasteiger partial charge is 0.450 e. The van der Waals surface area contributed by atoms with Crippen LogP contribution in [0.4, 0.5) is 9.93 Å². The number of nitrogens with one attached hydrogen (secondary N) is 1. The van der Waals surface area contributed by atoms with E-state index in [1.165, 1.54) is 11.3 Å². The van der Waals surface area contributed by atoms with Gasteiger partial charge in [0.25, 0.3) is 0 Å². The lowest BCUT2D eigenvalue weighted by molar-refractivity contribution is 0.121. The second-order valence-corrected chi connectivity index (χ2v) is 7.07. The molecule has 124 valence electrons. The van der Waals surface area contributed by atoms with Gasteiger partial charge in [-0.1, -0.05) is 11.3 Å². The zero-order chi connectivity index (χ0) is 16.1. The quantitative estimate of drug-likeness (QED) is 0.823. The Kier molecular flexibility index (Phi) is 6.16. The molecule has 1 atom stereocenters. The molecule has 1 aromatic heterocycles. The van der Waals surface area contributed by atoms with E-state index in [1.807, 2.05) is 23.7 Å². The molecule has 2 rings (SSSR count). The number of nitrogens with zero attached hydrogens (tertiary/aromatic N) is 4. The third kappa shape index (κ3) is 4.65. The van der Waals surface area contributed by atoms with Gasteiger partial charge in [-0.15, -0.1) is 5.10 Å². The van der Waals surface area contributed by atoms with Gasteiger partial charge in [-0.2, -0.15) is 0 Å².